The lowest BCUT2D eigenvalue weighted by Gasteiger charge is -2.40. The summed E-state index contributed by atoms with van der Waals surface area (Å²) in [4.78, 5) is 27.0. The second-order valence-corrected chi connectivity index (χ2v) is 9.14. The molecule has 0 unspecified atom stereocenters. The fourth-order valence-corrected chi connectivity index (χ4v) is 5.00. The van der Waals surface area contributed by atoms with Gasteiger partial charge in [-0.25, -0.2) is 15.0 Å². The Kier molecular flexibility index (Phi) is 6.79. The smallest absolute Gasteiger partial charge is 0.316 e. The van der Waals surface area contributed by atoms with Crippen molar-refractivity contribution in [3.63, 3.8) is 0 Å². The van der Waals surface area contributed by atoms with E-state index in [2.05, 4.69) is 56.6 Å². The Hall–Kier alpha value is -3.68. The monoisotopic (exact) mass is 473 g/mol. The molecule has 1 aliphatic carbocycles. The minimum atomic E-state index is -0.584. The van der Waals surface area contributed by atoms with Crippen molar-refractivity contribution in [3.05, 3.63) is 66.1 Å². The molecule has 1 aromatic carbocycles. The summed E-state index contributed by atoms with van der Waals surface area (Å²) in [5, 5.41) is 3.46. The number of pyridine rings is 1. The van der Waals surface area contributed by atoms with E-state index in [9.17, 15) is 4.79 Å². The van der Waals surface area contributed by atoms with Crippen molar-refractivity contribution in [2.24, 2.45) is 0 Å². The van der Waals surface area contributed by atoms with Crippen molar-refractivity contribution in [2.45, 2.75) is 50.5 Å². The van der Waals surface area contributed by atoms with E-state index in [4.69, 9.17) is 14.5 Å². The van der Waals surface area contributed by atoms with Crippen molar-refractivity contribution in [1.82, 2.24) is 15.0 Å². The van der Waals surface area contributed by atoms with Crippen LogP contribution < -0.4 is 15.0 Å². The molecule has 1 saturated carbocycles. The lowest BCUT2D eigenvalue weighted by Crippen LogP contribution is -2.38. The van der Waals surface area contributed by atoms with Crippen LogP contribution in [0.1, 0.15) is 56.1 Å². The van der Waals surface area contributed by atoms with Gasteiger partial charge in [-0.05, 0) is 56.6 Å². The molecule has 2 fully saturated rings. The number of hydrogen-bond acceptors (Lipinski definition) is 8. The molecule has 1 saturated heterocycles. The van der Waals surface area contributed by atoms with Gasteiger partial charge in [0.05, 0.1) is 30.4 Å². The van der Waals surface area contributed by atoms with Crippen LogP contribution in [0.2, 0.25) is 0 Å². The Morgan fingerprint density at radius 1 is 1.09 bits per heavy atom. The van der Waals surface area contributed by atoms with Crippen LogP contribution in [0.15, 0.2) is 55.0 Å². The predicted molar refractivity (Wildman–Crippen MR) is 134 cm³/mol. The van der Waals surface area contributed by atoms with Crippen LogP contribution in [0.4, 0.5) is 17.2 Å². The first-order valence-corrected chi connectivity index (χ1v) is 12.3. The van der Waals surface area contributed by atoms with Crippen molar-refractivity contribution in [1.29, 1.82) is 0 Å². The molecule has 0 atom stereocenters. The standard InChI is InChI=1S/C27H31N5O3/c1-2-34-26-29-17-23(18-30-26)31-24-15-22(27(35-19-33)11-6-12-27)16-28-25(24)32-13-9-21(10-14-32)20-7-4-3-5-8-20/h3-5,7-8,15-19,21,31H,2,6,9-14H2,1H3. The lowest BCUT2D eigenvalue weighted by atomic mass is 9.75. The molecular formula is C27H31N5O3. The molecule has 2 aromatic heterocycles. The highest BCUT2D eigenvalue weighted by molar-refractivity contribution is 5.73. The summed E-state index contributed by atoms with van der Waals surface area (Å²) in [5.41, 5.74) is 3.33. The summed E-state index contributed by atoms with van der Waals surface area (Å²) >= 11 is 0. The zero-order chi connectivity index (χ0) is 24.1. The number of aromatic nitrogens is 3. The topological polar surface area (TPSA) is 89.5 Å². The van der Waals surface area contributed by atoms with E-state index in [-0.39, 0.29) is 0 Å². The Morgan fingerprint density at radius 3 is 2.46 bits per heavy atom. The number of rotatable bonds is 9. The van der Waals surface area contributed by atoms with Crippen molar-refractivity contribution in [2.75, 3.05) is 29.9 Å². The van der Waals surface area contributed by atoms with E-state index in [1.54, 1.807) is 12.4 Å². The number of hydrogen-bond donors (Lipinski definition) is 1. The van der Waals surface area contributed by atoms with Gasteiger partial charge in [0.1, 0.15) is 5.60 Å². The van der Waals surface area contributed by atoms with Crippen molar-refractivity contribution in [3.8, 4) is 6.01 Å². The minimum absolute atomic E-state index is 0.348. The fraction of sp³-hybridized carbons (Fsp3) is 0.407. The maximum absolute atomic E-state index is 11.2. The van der Waals surface area contributed by atoms with Crippen LogP contribution in [0.3, 0.4) is 0 Å². The number of carbonyl (C=O) groups excluding carboxylic acids is 1. The highest BCUT2D eigenvalue weighted by Gasteiger charge is 2.42. The first kappa shape index (κ1) is 23.1. The quantitative estimate of drug-likeness (QED) is 0.437. The van der Waals surface area contributed by atoms with E-state index in [1.165, 1.54) is 5.56 Å². The van der Waals surface area contributed by atoms with Crippen molar-refractivity contribution < 1.29 is 14.3 Å². The normalized spacial score (nSPS) is 17.3. The molecule has 2 aliphatic rings. The van der Waals surface area contributed by atoms with Crippen LogP contribution in [0, 0.1) is 0 Å². The van der Waals surface area contributed by atoms with Gasteiger partial charge in [0, 0.05) is 24.8 Å². The van der Waals surface area contributed by atoms with Gasteiger partial charge in [0.2, 0.25) is 0 Å². The maximum Gasteiger partial charge on any atom is 0.316 e. The fourth-order valence-electron chi connectivity index (χ4n) is 5.00. The Balaban J connectivity index is 1.40. The third-order valence-electron chi connectivity index (χ3n) is 7.07. The molecule has 3 heterocycles. The number of nitrogens with zero attached hydrogens (tertiary/aromatic N) is 4. The number of nitrogens with one attached hydrogen (secondary N) is 1. The zero-order valence-electron chi connectivity index (χ0n) is 20.0. The van der Waals surface area contributed by atoms with Gasteiger partial charge in [0.25, 0.3) is 6.47 Å². The van der Waals surface area contributed by atoms with Gasteiger partial charge >= 0.3 is 6.01 Å². The number of benzene rings is 1. The molecule has 3 aromatic rings. The zero-order valence-corrected chi connectivity index (χ0v) is 20.0. The number of piperidine rings is 1. The number of carbonyl (C=O) groups is 1. The molecule has 35 heavy (non-hydrogen) atoms. The predicted octanol–water partition coefficient (Wildman–Crippen LogP) is 4.95. The van der Waals surface area contributed by atoms with Gasteiger partial charge in [0.15, 0.2) is 5.82 Å². The maximum atomic E-state index is 11.2. The second kappa shape index (κ2) is 10.3. The summed E-state index contributed by atoms with van der Waals surface area (Å²) in [7, 11) is 0. The number of ether oxygens (including phenoxy) is 2. The van der Waals surface area contributed by atoms with Crippen LogP contribution in [-0.2, 0) is 15.1 Å². The van der Waals surface area contributed by atoms with Gasteiger partial charge in [-0.3, -0.25) is 4.79 Å². The molecule has 5 rings (SSSR count). The Labute approximate surface area is 205 Å². The van der Waals surface area contributed by atoms with Crippen LogP contribution >= 0.6 is 0 Å². The van der Waals surface area contributed by atoms with Gasteiger partial charge in [-0.1, -0.05) is 30.3 Å². The average Bonchev–Trinajstić information content (AvgIpc) is 2.88. The Bertz CT molecular complexity index is 1130. The van der Waals surface area contributed by atoms with E-state index in [0.717, 1.165) is 67.9 Å². The highest BCUT2D eigenvalue weighted by atomic mass is 16.5. The van der Waals surface area contributed by atoms with Gasteiger partial charge in [-0.15, -0.1) is 0 Å². The summed E-state index contributed by atoms with van der Waals surface area (Å²) in [5.74, 6) is 1.44. The van der Waals surface area contributed by atoms with Crippen LogP contribution in [-0.4, -0.2) is 41.1 Å². The van der Waals surface area contributed by atoms with E-state index in [0.29, 0.717) is 25.0 Å². The molecule has 0 radical (unpaired) electrons. The molecule has 0 spiro atoms. The largest absolute Gasteiger partial charge is 0.464 e. The van der Waals surface area contributed by atoms with E-state index in [1.807, 2.05) is 13.1 Å². The lowest BCUT2D eigenvalue weighted by molar-refractivity contribution is -0.155. The SMILES string of the molecule is CCOc1ncc(Nc2cc(C3(OC=O)CCC3)cnc2N2CCC(c3ccccc3)CC2)cn1. The van der Waals surface area contributed by atoms with Gasteiger partial charge < -0.3 is 19.7 Å². The summed E-state index contributed by atoms with van der Waals surface area (Å²) < 4.78 is 10.9. The third-order valence-corrected chi connectivity index (χ3v) is 7.07. The minimum Gasteiger partial charge on any atom is -0.464 e. The molecular weight excluding hydrogens is 442 g/mol. The summed E-state index contributed by atoms with van der Waals surface area (Å²) in [6.45, 7) is 4.79. The number of anilines is 3. The van der Waals surface area contributed by atoms with E-state index < -0.39 is 5.60 Å². The molecule has 8 nitrogen and oxygen atoms in total. The molecule has 1 N–H and O–H groups in total. The summed E-state index contributed by atoms with van der Waals surface area (Å²) in [6, 6.07) is 13.1. The molecule has 0 bridgehead atoms. The van der Waals surface area contributed by atoms with E-state index >= 15 is 0 Å². The first-order chi connectivity index (χ1) is 17.2. The second-order valence-electron chi connectivity index (χ2n) is 9.14. The van der Waals surface area contributed by atoms with Gasteiger partial charge in [-0.2, -0.15) is 0 Å². The molecule has 1 aliphatic heterocycles. The third kappa shape index (κ3) is 4.92. The average molecular weight is 474 g/mol. The van der Waals surface area contributed by atoms with Crippen molar-refractivity contribution >= 4 is 23.7 Å². The van der Waals surface area contributed by atoms with Crippen LogP contribution in [0.25, 0.3) is 0 Å². The van der Waals surface area contributed by atoms with Crippen LogP contribution in [0.5, 0.6) is 6.01 Å². The summed E-state index contributed by atoms with van der Waals surface area (Å²) in [6.07, 6.45) is 10.0. The molecule has 8 heteroatoms. The molecule has 0 amide bonds. The first-order valence-electron chi connectivity index (χ1n) is 12.3. The highest BCUT2D eigenvalue weighted by Crippen LogP contribution is 2.46. The molecule has 182 valence electrons. The Morgan fingerprint density at radius 2 is 1.83 bits per heavy atom.